The fourth-order valence-electron chi connectivity index (χ4n) is 4.12. The first kappa shape index (κ1) is 28.8. The second-order valence-electron chi connectivity index (χ2n) is 9.62. The number of carbonyl (C=O) groups is 1. The lowest BCUT2D eigenvalue weighted by molar-refractivity contribution is -0.137. The summed E-state index contributed by atoms with van der Waals surface area (Å²) in [5.41, 5.74) is -2.75. The summed E-state index contributed by atoms with van der Waals surface area (Å²) in [4.78, 5) is 16.1. The van der Waals surface area contributed by atoms with Gasteiger partial charge in [-0.1, -0.05) is 19.9 Å². The molecule has 0 aliphatic carbocycles. The number of amides is 1. The molecule has 2 aromatic rings. The van der Waals surface area contributed by atoms with Crippen LogP contribution in [0.2, 0.25) is 0 Å². The number of ether oxygens (including phenoxy) is 1. The van der Waals surface area contributed by atoms with E-state index >= 15 is 0 Å². The maximum absolute atomic E-state index is 14.4. The van der Waals surface area contributed by atoms with Crippen LogP contribution in [0.15, 0.2) is 36.4 Å². The lowest BCUT2D eigenvalue weighted by atomic mass is 10.0. The van der Waals surface area contributed by atoms with Crippen LogP contribution in [0.5, 0.6) is 5.75 Å². The van der Waals surface area contributed by atoms with Gasteiger partial charge >= 0.3 is 6.18 Å². The third-order valence-corrected chi connectivity index (χ3v) is 6.70. The minimum Gasteiger partial charge on any atom is -0.490 e. The maximum Gasteiger partial charge on any atom is 0.417 e. The molecule has 3 rings (SSSR count). The molecule has 0 spiro atoms. The number of thiol groups is 1. The molecule has 37 heavy (non-hydrogen) atoms. The maximum atomic E-state index is 14.4. The second kappa shape index (κ2) is 11.3. The molecule has 1 amide bonds. The van der Waals surface area contributed by atoms with Crippen molar-refractivity contribution in [2.75, 3.05) is 18.1 Å². The molecule has 0 saturated carbocycles. The van der Waals surface area contributed by atoms with Crippen LogP contribution in [0.1, 0.15) is 50.8 Å². The minimum atomic E-state index is -4.75. The number of nitriles is 1. The molecule has 11 heteroatoms. The molecule has 0 radical (unpaired) electrons. The van der Waals surface area contributed by atoms with Gasteiger partial charge in [-0.3, -0.25) is 14.6 Å². The normalized spacial score (nSPS) is 17.9. The van der Waals surface area contributed by atoms with Crippen molar-refractivity contribution >= 4 is 24.2 Å². The van der Waals surface area contributed by atoms with Crippen LogP contribution in [0.3, 0.4) is 0 Å². The van der Waals surface area contributed by atoms with Gasteiger partial charge in [-0.25, -0.2) is 4.39 Å². The Morgan fingerprint density at radius 3 is 2.51 bits per heavy atom. The standard InChI is InChI=1S/C26H30F4N4O2S/c1-16(2)32-15-17-6-9-22(21(27)12-17)36-11-5-10-33-24(37)34(23(35)25(33,3)4)19-8-7-18(14-31)20(13-19)26(28,29)30/h6-9,12-13,16,24,32,37H,5,10-11,15H2,1-4H3. The van der Waals surface area contributed by atoms with E-state index in [9.17, 15) is 22.4 Å². The number of hydrogen-bond donors (Lipinski definition) is 2. The second-order valence-corrected chi connectivity index (χ2v) is 10.1. The zero-order valence-corrected chi connectivity index (χ0v) is 22.0. The third-order valence-electron chi connectivity index (χ3n) is 6.19. The van der Waals surface area contributed by atoms with Crippen LogP contribution in [0.25, 0.3) is 0 Å². The highest BCUT2D eigenvalue weighted by molar-refractivity contribution is 7.81. The van der Waals surface area contributed by atoms with Crippen molar-refractivity contribution in [3.8, 4) is 11.8 Å². The van der Waals surface area contributed by atoms with Crippen LogP contribution in [0, 0.1) is 17.1 Å². The molecule has 0 aromatic heterocycles. The van der Waals surface area contributed by atoms with Gasteiger partial charge in [0, 0.05) is 24.8 Å². The van der Waals surface area contributed by atoms with Crippen molar-refractivity contribution in [3.63, 3.8) is 0 Å². The lowest BCUT2D eigenvalue weighted by Crippen LogP contribution is -2.45. The Balaban J connectivity index is 1.67. The Hall–Kier alpha value is -2.81. The lowest BCUT2D eigenvalue weighted by Gasteiger charge is -2.31. The molecular formula is C26H30F4N4O2S. The highest BCUT2D eigenvalue weighted by Gasteiger charge is 2.51. The number of rotatable bonds is 9. The molecule has 2 aromatic carbocycles. The number of benzene rings is 2. The smallest absolute Gasteiger partial charge is 0.417 e. The number of anilines is 1. The number of alkyl halides is 3. The van der Waals surface area contributed by atoms with Crippen LogP contribution in [-0.4, -0.2) is 41.0 Å². The Bertz CT molecular complexity index is 1180. The van der Waals surface area contributed by atoms with Gasteiger partial charge in [0.05, 0.1) is 29.3 Å². The summed E-state index contributed by atoms with van der Waals surface area (Å²) < 4.78 is 60.4. The average Bonchev–Trinajstić information content (AvgIpc) is 2.99. The van der Waals surface area contributed by atoms with Gasteiger partial charge in [-0.15, -0.1) is 12.6 Å². The van der Waals surface area contributed by atoms with Crippen molar-refractivity contribution < 1.29 is 27.1 Å². The average molecular weight is 539 g/mol. The van der Waals surface area contributed by atoms with Crippen molar-refractivity contribution in [2.24, 2.45) is 0 Å². The van der Waals surface area contributed by atoms with Gasteiger partial charge in [0.15, 0.2) is 11.6 Å². The summed E-state index contributed by atoms with van der Waals surface area (Å²) in [5, 5.41) is 12.3. The van der Waals surface area contributed by atoms with E-state index < -0.39 is 40.1 Å². The van der Waals surface area contributed by atoms with E-state index in [2.05, 4.69) is 17.9 Å². The summed E-state index contributed by atoms with van der Waals surface area (Å²) in [5.74, 6) is -0.784. The molecule has 1 aliphatic rings. The van der Waals surface area contributed by atoms with Crippen LogP contribution >= 0.6 is 12.6 Å². The molecule has 1 atom stereocenters. The number of carbonyl (C=O) groups excluding carboxylic acids is 1. The molecular weight excluding hydrogens is 508 g/mol. The Kier molecular flexibility index (Phi) is 8.78. The van der Waals surface area contributed by atoms with E-state index in [0.29, 0.717) is 19.5 Å². The van der Waals surface area contributed by atoms with E-state index in [4.69, 9.17) is 10.00 Å². The van der Waals surface area contributed by atoms with Crippen LogP contribution in [-0.2, 0) is 17.5 Å². The molecule has 6 nitrogen and oxygen atoms in total. The number of hydrogen-bond acceptors (Lipinski definition) is 6. The molecule has 1 heterocycles. The monoisotopic (exact) mass is 538 g/mol. The van der Waals surface area contributed by atoms with E-state index in [-0.39, 0.29) is 24.1 Å². The van der Waals surface area contributed by atoms with Crippen molar-refractivity contribution in [2.45, 2.75) is 63.9 Å². The zero-order chi connectivity index (χ0) is 27.5. The van der Waals surface area contributed by atoms with Crippen molar-refractivity contribution in [3.05, 3.63) is 58.9 Å². The zero-order valence-electron chi connectivity index (χ0n) is 21.1. The van der Waals surface area contributed by atoms with Gasteiger partial charge < -0.3 is 10.1 Å². The van der Waals surface area contributed by atoms with Crippen LogP contribution < -0.4 is 15.0 Å². The van der Waals surface area contributed by atoms with E-state index in [0.717, 1.165) is 17.7 Å². The molecule has 1 unspecified atom stereocenters. The molecule has 1 aliphatic heterocycles. The SMILES string of the molecule is CC(C)NCc1ccc(OCCCN2C(S)N(c3ccc(C#N)c(C(F)(F)F)c3)C(=O)C2(C)C)c(F)c1. The summed E-state index contributed by atoms with van der Waals surface area (Å²) in [6, 6.07) is 9.74. The molecule has 0 bridgehead atoms. The molecule has 1 N–H and O–H groups in total. The largest absolute Gasteiger partial charge is 0.490 e. The predicted molar refractivity (Wildman–Crippen MR) is 136 cm³/mol. The summed E-state index contributed by atoms with van der Waals surface area (Å²) in [7, 11) is 0. The Morgan fingerprint density at radius 1 is 1.22 bits per heavy atom. The molecule has 1 fully saturated rings. The summed E-state index contributed by atoms with van der Waals surface area (Å²) in [6.45, 7) is 8.36. The molecule has 1 saturated heterocycles. The number of nitrogens with zero attached hydrogens (tertiary/aromatic N) is 3. The highest BCUT2D eigenvalue weighted by Crippen LogP contribution is 2.40. The summed E-state index contributed by atoms with van der Waals surface area (Å²) >= 11 is 4.53. The highest BCUT2D eigenvalue weighted by atomic mass is 32.1. The predicted octanol–water partition coefficient (Wildman–Crippen LogP) is 5.32. The number of nitrogens with one attached hydrogen (secondary N) is 1. The minimum absolute atomic E-state index is 0.00253. The topological polar surface area (TPSA) is 68.6 Å². The molecule has 200 valence electrons. The Labute approximate surface area is 219 Å². The first-order chi connectivity index (χ1) is 17.3. The fourth-order valence-corrected chi connectivity index (χ4v) is 4.76. The van der Waals surface area contributed by atoms with Gasteiger partial charge in [-0.2, -0.15) is 18.4 Å². The fraction of sp³-hybridized carbons (Fsp3) is 0.462. The third kappa shape index (κ3) is 6.37. The van der Waals surface area contributed by atoms with Gasteiger partial charge in [0.2, 0.25) is 5.91 Å². The van der Waals surface area contributed by atoms with E-state index in [1.807, 2.05) is 13.8 Å². The van der Waals surface area contributed by atoms with Gasteiger partial charge in [-0.05, 0) is 56.2 Å². The first-order valence-electron chi connectivity index (χ1n) is 11.8. The quantitative estimate of drug-likeness (QED) is 0.257. The Morgan fingerprint density at radius 2 is 1.92 bits per heavy atom. The van der Waals surface area contributed by atoms with E-state index in [1.165, 1.54) is 23.1 Å². The number of halogens is 4. The van der Waals surface area contributed by atoms with Crippen molar-refractivity contribution in [1.29, 1.82) is 5.26 Å². The van der Waals surface area contributed by atoms with Crippen LogP contribution in [0.4, 0.5) is 23.2 Å². The van der Waals surface area contributed by atoms with Gasteiger partial charge in [0.1, 0.15) is 5.50 Å². The van der Waals surface area contributed by atoms with Crippen molar-refractivity contribution in [1.82, 2.24) is 10.2 Å². The first-order valence-corrected chi connectivity index (χ1v) is 12.3. The van der Waals surface area contributed by atoms with Gasteiger partial charge in [0.25, 0.3) is 0 Å². The summed E-state index contributed by atoms with van der Waals surface area (Å²) in [6.07, 6.45) is -4.33. The van der Waals surface area contributed by atoms with E-state index in [1.54, 1.807) is 30.9 Å².